The third kappa shape index (κ3) is 4.81. The van der Waals surface area contributed by atoms with E-state index in [1.54, 1.807) is 0 Å². The summed E-state index contributed by atoms with van der Waals surface area (Å²) in [6.45, 7) is 11.8. The van der Waals surface area contributed by atoms with E-state index in [2.05, 4.69) is 47.9 Å². The third-order valence-electron chi connectivity index (χ3n) is 7.80. The van der Waals surface area contributed by atoms with E-state index in [0.29, 0.717) is 12.0 Å². The monoisotopic (exact) mass is 500 g/mol. The highest BCUT2D eigenvalue weighted by atomic mass is 35.5. The number of rotatable bonds is 6. The Morgan fingerprint density at radius 2 is 1.56 bits per heavy atom. The van der Waals surface area contributed by atoms with Crippen LogP contribution >= 0.6 is 23.2 Å². The van der Waals surface area contributed by atoms with E-state index in [0.717, 1.165) is 68.8 Å². The van der Waals surface area contributed by atoms with Crippen LogP contribution in [0.15, 0.2) is 42.5 Å². The number of nitrogens with zero attached hydrogens (tertiary/aromatic N) is 4. The number of benzene rings is 2. The SMILES string of the molecule is CC(C)N1CCN(CCN2CCN(C3CC(c4ccc(Cl)cc4)c4cc(Cl)ccc43)CC2)C1=O. The van der Waals surface area contributed by atoms with E-state index in [1.165, 1.54) is 16.7 Å². The lowest BCUT2D eigenvalue weighted by molar-refractivity contribution is 0.0900. The van der Waals surface area contributed by atoms with Crippen molar-refractivity contribution in [3.05, 3.63) is 69.2 Å². The van der Waals surface area contributed by atoms with Gasteiger partial charge in [-0.05, 0) is 61.2 Å². The van der Waals surface area contributed by atoms with E-state index in [4.69, 9.17) is 23.2 Å². The number of amides is 2. The molecule has 7 heteroatoms. The van der Waals surface area contributed by atoms with Gasteiger partial charge >= 0.3 is 6.03 Å². The highest BCUT2D eigenvalue weighted by molar-refractivity contribution is 6.31. The number of urea groups is 1. The van der Waals surface area contributed by atoms with Crippen molar-refractivity contribution in [2.24, 2.45) is 0 Å². The Balaban J connectivity index is 1.20. The Labute approximate surface area is 213 Å². The van der Waals surface area contributed by atoms with Gasteiger partial charge in [0.05, 0.1) is 0 Å². The Morgan fingerprint density at radius 3 is 2.24 bits per heavy atom. The third-order valence-corrected chi connectivity index (χ3v) is 8.29. The number of carbonyl (C=O) groups excluding carboxylic acids is 1. The average molecular weight is 502 g/mol. The van der Waals surface area contributed by atoms with Gasteiger partial charge < -0.3 is 9.80 Å². The number of piperazine rings is 1. The molecule has 34 heavy (non-hydrogen) atoms. The van der Waals surface area contributed by atoms with Gasteiger partial charge in [-0.15, -0.1) is 0 Å². The van der Waals surface area contributed by atoms with Gasteiger partial charge in [-0.2, -0.15) is 0 Å². The molecule has 2 aromatic rings. The summed E-state index contributed by atoms with van der Waals surface area (Å²) in [6.07, 6.45) is 1.07. The molecule has 0 bridgehead atoms. The van der Waals surface area contributed by atoms with Crippen molar-refractivity contribution in [1.82, 2.24) is 19.6 Å². The molecule has 5 rings (SSSR count). The summed E-state index contributed by atoms with van der Waals surface area (Å²) >= 11 is 12.6. The van der Waals surface area contributed by atoms with E-state index in [-0.39, 0.29) is 12.1 Å². The molecular formula is C27H34Cl2N4O. The lowest BCUT2D eigenvalue weighted by Crippen LogP contribution is -2.49. The molecule has 2 fully saturated rings. The van der Waals surface area contributed by atoms with Gasteiger partial charge in [0.15, 0.2) is 0 Å². The van der Waals surface area contributed by atoms with Crippen LogP contribution in [-0.2, 0) is 0 Å². The lowest BCUT2D eigenvalue weighted by atomic mass is 9.93. The predicted octanol–water partition coefficient (Wildman–Crippen LogP) is 5.33. The van der Waals surface area contributed by atoms with Crippen molar-refractivity contribution in [2.75, 3.05) is 52.4 Å². The second kappa shape index (κ2) is 10.1. The normalized spacial score (nSPS) is 23.9. The fourth-order valence-corrected chi connectivity index (χ4v) is 6.14. The van der Waals surface area contributed by atoms with Crippen LogP contribution in [0.3, 0.4) is 0 Å². The molecule has 2 amide bonds. The molecule has 0 radical (unpaired) electrons. The van der Waals surface area contributed by atoms with E-state index in [9.17, 15) is 4.79 Å². The van der Waals surface area contributed by atoms with Gasteiger partial charge in [0, 0.05) is 80.4 Å². The summed E-state index contributed by atoms with van der Waals surface area (Å²) < 4.78 is 0. The summed E-state index contributed by atoms with van der Waals surface area (Å²) in [5.74, 6) is 0.346. The van der Waals surface area contributed by atoms with Crippen LogP contribution in [-0.4, -0.2) is 84.0 Å². The fourth-order valence-electron chi connectivity index (χ4n) is 5.83. The van der Waals surface area contributed by atoms with Crippen molar-refractivity contribution in [1.29, 1.82) is 0 Å². The molecular weight excluding hydrogens is 467 g/mol. The number of fused-ring (bicyclic) bond motifs is 1. The number of carbonyl (C=O) groups is 1. The van der Waals surface area contributed by atoms with Gasteiger partial charge in [-0.1, -0.05) is 41.4 Å². The van der Waals surface area contributed by atoms with Crippen LogP contribution in [0, 0.1) is 0 Å². The van der Waals surface area contributed by atoms with Crippen LogP contribution in [0.1, 0.15) is 48.9 Å². The summed E-state index contributed by atoms with van der Waals surface area (Å²) in [5, 5.41) is 1.57. The molecule has 2 aliphatic heterocycles. The molecule has 2 unspecified atom stereocenters. The molecule has 2 aromatic carbocycles. The molecule has 0 saturated carbocycles. The number of hydrogen-bond acceptors (Lipinski definition) is 3. The molecule has 0 N–H and O–H groups in total. The molecule has 0 aromatic heterocycles. The highest BCUT2D eigenvalue weighted by Crippen LogP contribution is 2.47. The predicted molar refractivity (Wildman–Crippen MR) is 139 cm³/mol. The molecule has 2 atom stereocenters. The molecule has 3 aliphatic rings. The van der Waals surface area contributed by atoms with E-state index in [1.807, 2.05) is 28.0 Å². The van der Waals surface area contributed by atoms with Crippen molar-refractivity contribution >= 4 is 29.2 Å². The highest BCUT2D eigenvalue weighted by Gasteiger charge is 2.37. The maximum absolute atomic E-state index is 12.6. The Bertz CT molecular complexity index is 1020. The van der Waals surface area contributed by atoms with Crippen molar-refractivity contribution < 1.29 is 4.79 Å². The molecule has 2 heterocycles. The first-order valence-electron chi connectivity index (χ1n) is 12.5. The zero-order chi connectivity index (χ0) is 23.8. The van der Waals surface area contributed by atoms with E-state index >= 15 is 0 Å². The van der Waals surface area contributed by atoms with Crippen molar-refractivity contribution in [3.8, 4) is 0 Å². The van der Waals surface area contributed by atoms with Crippen molar-refractivity contribution in [3.63, 3.8) is 0 Å². The van der Waals surface area contributed by atoms with Crippen LogP contribution < -0.4 is 0 Å². The smallest absolute Gasteiger partial charge is 0.320 e. The average Bonchev–Trinajstić information content (AvgIpc) is 3.39. The minimum absolute atomic E-state index is 0.197. The molecule has 5 nitrogen and oxygen atoms in total. The fraction of sp³-hybridized carbons (Fsp3) is 0.519. The first-order valence-corrected chi connectivity index (χ1v) is 13.2. The van der Waals surface area contributed by atoms with Crippen LogP contribution in [0.2, 0.25) is 10.0 Å². The summed E-state index contributed by atoms with van der Waals surface area (Å²) in [6, 6.07) is 15.6. The van der Waals surface area contributed by atoms with Gasteiger partial charge in [-0.3, -0.25) is 9.80 Å². The second-order valence-electron chi connectivity index (χ2n) is 10.1. The molecule has 1 aliphatic carbocycles. The van der Waals surface area contributed by atoms with Gasteiger partial charge in [0.2, 0.25) is 0 Å². The van der Waals surface area contributed by atoms with Gasteiger partial charge in [0.25, 0.3) is 0 Å². The topological polar surface area (TPSA) is 30.0 Å². The number of halogens is 2. The lowest BCUT2D eigenvalue weighted by Gasteiger charge is -2.39. The Morgan fingerprint density at radius 1 is 0.853 bits per heavy atom. The molecule has 182 valence electrons. The largest absolute Gasteiger partial charge is 0.322 e. The quantitative estimate of drug-likeness (QED) is 0.536. The maximum Gasteiger partial charge on any atom is 0.320 e. The second-order valence-corrected chi connectivity index (χ2v) is 10.9. The van der Waals surface area contributed by atoms with Gasteiger partial charge in [0.1, 0.15) is 0 Å². The minimum atomic E-state index is 0.197. The first-order chi connectivity index (χ1) is 16.4. The maximum atomic E-state index is 12.6. The zero-order valence-corrected chi connectivity index (χ0v) is 21.6. The Kier molecular flexibility index (Phi) is 7.08. The van der Waals surface area contributed by atoms with Gasteiger partial charge in [-0.25, -0.2) is 4.79 Å². The van der Waals surface area contributed by atoms with Crippen LogP contribution in [0.5, 0.6) is 0 Å². The molecule has 0 spiro atoms. The molecule has 2 saturated heterocycles. The van der Waals surface area contributed by atoms with Crippen LogP contribution in [0.25, 0.3) is 0 Å². The summed E-state index contributed by atoms with van der Waals surface area (Å²) in [7, 11) is 0. The zero-order valence-electron chi connectivity index (χ0n) is 20.1. The standard InChI is InChI=1S/C27H34Cl2N4O/c1-19(2)33-16-15-32(27(33)34)14-11-30-9-12-31(13-10-30)26-18-24(20-3-5-21(28)6-4-20)25-17-22(29)7-8-23(25)26/h3-8,17,19,24,26H,9-16,18H2,1-2H3. The minimum Gasteiger partial charge on any atom is -0.322 e. The van der Waals surface area contributed by atoms with Crippen molar-refractivity contribution in [2.45, 2.75) is 38.3 Å². The summed E-state index contributed by atoms with van der Waals surface area (Å²) in [5.41, 5.74) is 4.07. The Hall–Kier alpha value is -1.79. The summed E-state index contributed by atoms with van der Waals surface area (Å²) in [4.78, 5) is 21.7. The number of hydrogen-bond donors (Lipinski definition) is 0. The first kappa shape index (κ1) is 23.9. The van der Waals surface area contributed by atoms with Crippen LogP contribution in [0.4, 0.5) is 4.79 Å². The van der Waals surface area contributed by atoms with E-state index < -0.39 is 0 Å².